The smallest absolute Gasteiger partial charge is 0.226 e. The van der Waals surface area contributed by atoms with Gasteiger partial charge in [-0.2, -0.15) is 0 Å². The molecule has 2 aliphatic heterocycles. The Labute approximate surface area is 85.8 Å². The van der Waals surface area contributed by atoms with Gasteiger partial charge in [-0.3, -0.25) is 4.79 Å². The number of amides is 1. The second kappa shape index (κ2) is 3.54. The molecular formula is C11H20N2O. The first-order valence-electron chi connectivity index (χ1n) is 5.62. The lowest BCUT2D eigenvalue weighted by Crippen LogP contribution is -2.50. The van der Waals surface area contributed by atoms with Crippen molar-refractivity contribution in [2.75, 3.05) is 19.6 Å². The Morgan fingerprint density at radius 1 is 1.36 bits per heavy atom. The van der Waals surface area contributed by atoms with Crippen LogP contribution in [0.4, 0.5) is 0 Å². The van der Waals surface area contributed by atoms with E-state index in [1.54, 1.807) is 0 Å². The zero-order valence-corrected chi connectivity index (χ0v) is 9.29. The summed E-state index contributed by atoms with van der Waals surface area (Å²) in [6, 6.07) is 0.429. The van der Waals surface area contributed by atoms with Gasteiger partial charge < -0.3 is 10.2 Å². The van der Waals surface area contributed by atoms with Crippen LogP contribution >= 0.6 is 0 Å². The van der Waals surface area contributed by atoms with Crippen LogP contribution in [0.25, 0.3) is 0 Å². The van der Waals surface area contributed by atoms with E-state index < -0.39 is 0 Å². The normalized spacial score (nSPS) is 38.9. The lowest BCUT2D eigenvalue weighted by atomic mass is 9.95. The SMILES string of the molecule is CC1C(=O)N(CC2CNC2)C(C)C1C. The molecule has 2 fully saturated rings. The number of rotatable bonds is 2. The van der Waals surface area contributed by atoms with Crippen molar-refractivity contribution in [1.29, 1.82) is 0 Å². The Balaban J connectivity index is 1.99. The van der Waals surface area contributed by atoms with Crippen LogP contribution in [0.5, 0.6) is 0 Å². The lowest BCUT2D eigenvalue weighted by molar-refractivity contribution is -0.132. The van der Waals surface area contributed by atoms with Gasteiger partial charge in [-0.1, -0.05) is 13.8 Å². The highest BCUT2D eigenvalue weighted by molar-refractivity contribution is 5.81. The molecule has 0 aromatic rings. The van der Waals surface area contributed by atoms with E-state index in [1.807, 2.05) is 0 Å². The van der Waals surface area contributed by atoms with Crippen molar-refractivity contribution in [3.05, 3.63) is 0 Å². The van der Waals surface area contributed by atoms with Gasteiger partial charge in [0.1, 0.15) is 0 Å². The molecule has 0 aliphatic carbocycles. The number of nitrogens with one attached hydrogen (secondary N) is 1. The van der Waals surface area contributed by atoms with E-state index in [0.717, 1.165) is 19.6 Å². The van der Waals surface area contributed by atoms with E-state index in [-0.39, 0.29) is 5.92 Å². The van der Waals surface area contributed by atoms with E-state index in [0.29, 0.717) is 23.8 Å². The maximum absolute atomic E-state index is 11.9. The zero-order chi connectivity index (χ0) is 10.3. The Morgan fingerprint density at radius 3 is 2.36 bits per heavy atom. The van der Waals surface area contributed by atoms with Crippen molar-refractivity contribution in [3.8, 4) is 0 Å². The van der Waals surface area contributed by atoms with Gasteiger partial charge in [-0.25, -0.2) is 0 Å². The molecule has 3 heteroatoms. The van der Waals surface area contributed by atoms with Gasteiger partial charge in [0.05, 0.1) is 0 Å². The van der Waals surface area contributed by atoms with Crippen molar-refractivity contribution < 1.29 is 4.79 Å². The van der Waals surface area contributed by atoms with Gasteiger partial charge >= 0.3 is 0 Å². The molecule has 0 saturated carbocycles. The van der Waals surface area contributed by atoms with Crippen LogP contribution in [0, 0.1) is 17.8 Å². The summed E-state index contributed by atoms with van der Waals surface area (Å²) in [6.45, 7) is 9.55. The predicted octanol–water partition coefficient (Wildman–Crippen LogP) is 0.709. The molecule has 0 bridgehead atoms. The highest BCUT2D eigenvalue weighted by Crippen LogP contribution is 2.31. The summed E-state index contributed by atoms with van der Waals surface area (Å²) in [5, 5.41) is 3.25. The molecule has 2 aliphatic rings. The number of hydrogen-bond donors (Lipinski definition) is 1. The number of likely N-dealkylation sites (tertiary alicyclic amines) is 1. The van der Waals surface area contributed by atoms with Crippen molar-refractivity contribution in [3.63, 3.8) is 0 Å². The fourth-order valence-corrected chi connectivity index (χ4v) is 2.40. The minimum absolute atomic E-state index is 0.220. The molecule has 0 aromatic heterocycles. The summed E-state index contributed by atoms with van der Waals surface area (Å²) in [6.07, 6.45) is 0. The zero-order valence-electron chi connectivity index (χ0n) is 9.29. The minimum Gasteiger partial charge on any atom is -0.339 e. The molecule has 2 heterocycles. The Kier molecular flexibility index (Phi) is 2.52. The summed E-state index contributed by atoms with van der Waals surface area (Å²) in [7, 11) is 0. The van der Waals surface area contributed by atoms with Crippen LogP contribution in [-0.2, 0) is 4.79 Å². The fourth-order valence-electron chi connectivity index (χ4n) is 2.40. The molecular weight excluding hydrogens is 176 g/mol. The summed E-state index contributed by atoms with van der Waals surface area (Å²) in [5.74, 6) is 1.78. The van der Waals surface area contributed by atoms with Crippen LogP contribution in [0.15, 0.2) is 0 Å². The van der Waals surface area contributed by atoms with Crippen LogP contribution in [0.2, 0.25) is 0 Å². The highest BCUT2D eigenvalue weighted by atomic mass is 16.2. The Bertz CT molecular complexity index is 237. The number of hydrogen-bond acceptors (Lipinski definition) is 2. The number of carbonyl (C=O) groups is 1. The number of nitrogens with zero attached hydrogens (tertiary/aromatic N) is 1. The first-order valence-corrected chi connectivity index (χ1v) is 5.62. The van der Waals surface area contributed by atoms with E-state index >= 15 is 0 Å². The van der Waals surface area contributed by atoms with Crippen LogP contribution in [0.1, 0.15) is 20.8 Å². The summed E-state index contributed by atoms with van der Waals surface area (Å²) in [5.41, 5.74) is 0. The molecule has 14 heavy (non-hydrogen) atoms. The predicted molar refractivity (Wildman–Crippen MR) is 55.9 cm³/mol. The second-order valence-electron chi connectivity index (χ2n) is 4.90. The van der Waals surface area contributed by atoms with Gasteiger partial charge in [0.15, 0.2) is 0 Å². The van der Waals surface area contributed by atoms with Crippen molar-refractivity contribution in [2.45, 2.75) is 26.8 Å². The molecule has 3 unspecified atom stereocenters. The maximum atomic E-state index is 11.9. The van der Waals surface area contributed by atoms with Crippen LogP contribution < -0.4 is 5.32 Å². The topological polar surface area (TPSA) is 32.3 Å². The van der Waals surface area contributed by atoms with Crippen molar-refractivity contribution >= 4 is 5.91 Å². The van der Waals surface area contributed by atoms with Gasteiger partial charge in [0.2, 0.25) is 5.91 Å². The average Bonchev–Trinajstić information content (AvgIpc) is 2.27. The third kappa shape index (κ3) is 1.44. The molecule has 3 atom stereocenters. The highest BCUT2D eigenvalue weighted by Gasteiger charge is 2.41. The summed E-state index contributed by atoms with van der Waals surface area (Å²) in [4.78, 5) is 14.0. The van der Waals surface area contributed by atoms with Crippen LogP contribution in [0.3, 0.4) is 0 Å². The van der Waals surface area contributed by atoms with E-state index in [2.05, 4.69) is 31.0 Å². The maximum Gasteiger partial charge on any atom is 0.226 e. The van der Waals surface area contributed by atoms with E-state index in [4.69, 9.17) is 0 Å². The third-order valence-electron chi connectivity index (χ3n) is 4.03. The molecule has 0 aromatic carbocycles. The quantitative estimate of drug-likeness (QED) is 0.705. The molecule has 2 saturated heterocycles. The largest absolute Gasteiger partial charge is 0.339 e. The minimum atomic E-state index is 0.220. The van der Waals surface area contributed by atoms with Gasteiger partial charge in [0, 0.05) is 37.5 Å². The van der Waals surface area contributed by atoms with E-state index in [9.17, 15) is 4.79 Å². The molecule has 1 amide bonds. The Hall–Kier alpha value is -0.570. The first kappa shape index (κ1) is 9.97. The lowest BCUT2D eigenvalue weighted by Gasteiger charge is -2.33. The Morgan fingerprint density at radius 2 is 2.00 bits per heavy atom. The monoisotopic (exact) mass is 196 g/mol. The summed E-state index contributed by atoms with van der Waals surface area (Å²) < 4.78 is 0. The van der Waals surface area contributed by atoms with Gasteiger partial charge in [-0.15, -0.1) is 0 Å². The van der Waals surface area contributed by atoms with Gasteiger partial charge in [0.25, 0.3) is 0 Å². The fraction of sp³-hybridized carbons (Fsp3) is 0.909. The number of carbonyl (C=O) groups excluding carboxylic acids is 1. The third-order valence-corrected chi connectivity index (χ3v) is 4.03. The van der Waals surface area contributed by atoms with Gasteiger partial charge in [-0.05, 0) is 12.8 Å². The molecule has 2 rings (SSSR count). The molecule has 80 valence electrons. The summed E-state index contributed by atoms with van der Waals surface area (Å²) >= 11 is 0. The molecule has 3 nitrogen and oxygen atoms in total. The molecule has 0 radical (unpaired) electrons. The van der Waals surface area contributed by atoms with E-state index in [1.165, 1.54) is 0 Å². The molecule has 0 spiro atoms. The van der Waals surface area contributed by atoms with Crippen LogP contribution in [-0.4, -0.2) is 36.5 Å². The van der Waals surface area contributed by atoms with Crippen molar-refractivity contribution in [1.82, 2.24) is 10.2 Å². The standard InChI is InChI=1S/C11H20N2O/c1-7-8(2)11(14)13(9(7)3)6-10-4-12-5-10/h7-10,12H,4-6H2,1-3H3. The first-order chi connectivity index (χ1) is 6.61. The molecule has 1 N–H and O–H groups in total. The average molecular weight is 196 g/mol. The second-order valence-corrected chi connectivity index (χ2v) is 4.90. The van der Waals surface area contributed by atoms with Crippen molar-refractivity contribution in [2.24, 2.45) is 17.8 Å².